The van der Waals surface area contributed by atoms with Crippen LogP contribution in [-0.2, 0) is 11.2 Å². The predicted molar refractivity (Wildman–Crippen MR) is 99.9 cm³/mol. The van der Waals surface area contributed by atoms with Crippen LogP contribution in [0.1, 0.15) is 39.9 Å². The SMILES string of the molecule is CCc1cc(C(=O)N2CCC(C(=O)Nc3ccncc3)CC2)sc1C. The Labute approximate surface area is 152 Å². The van der Waals surface area contributed by atoms with E-state index in [4.69, 9.17) is 0 Å². The van der Waals surface area contributed by atoms with Gasteiger partial charge >= 0.3 is 0 Å². The van der Waals surface area contributed by atoms with Gasteiger partial charge in [-0.2, -0.15) is 0 Å². The van der Waals surface area contributed by atoms with Gasteiger partial charge in [0, 0.05) is 42.0 Å². The number of piperidine rings is 1. The number of hydrogen-bond acceptors (Lipinski definition) is 4. The van der Waals surface area contributed by atoms with Crippen molar-refractivity contribution in [2.45, 2.75) is 33.1 Å². The number of hydrogen-bond donors (Lipinski definition) is 1. The highest BCUT2D eigenvalue weighted by Gasteiger charge is 2.28. The van der Waals surface area contributed by atoms with Gasteiger partial charge in [0.1, 0.15) is 0 Å². The molecule has 1 N–H and O–H groups in total. The third-order valence-electron chi connectivity index (χ3n) is 4.71. The fourth-order valence-electron chi connectivity index (χ4n) is 3.16. The molecule has 6 heteroatoms. The van der Waals surface area contributed by atoms with Crippen LogP contribution in [-0.4, -0.2) is 34.8 Å². The number of anilines is 1. The van der Waals surface area contributed by atoms with Gasteiger partial charge in [0.05, 0.1) is 4.88 Å². The lowest BCUT2D eigenvalue weighted by Gasteiger charge is -2.31. The summed E-state index contributed by atoms with van der Waals surface area (Å²) >= 11 is 1.57. The third-order valence-corrected chi connectivity index (χ3v) is 5.79. The Morgan fingerprint density at radius 3 is 2.56 bits per heavy atom. The third kappa shape index (κ3) is 4.07. The summed E-state index contributed by atoms with van der Waals surface area (Å²) in [5.74, 6) is 0.0767. The van der Waals surface area contributed by atoms with E-state index in [-0.39, 0.29) is 17.7 Å². The number of rotatable bonds is 4. The molecule has 5 nitrogen and oxygen atoms in total. The van der Waals surface area contributed by atoms with E-state index < -0.39 is 0 Å². The summed E-state index contributed by atoms with van der Waals surface area (Å²) < 4.78 is 0. The Bertz CT molecular complexity index is 749. The van der Waals surface area contributed by atoms with E-state index in [0.29, 0.717) is 25.9 Å². The molecule has 0 atom stereocenters. The first-order chi connectivity index (χ1) is 12.1. The highest BCUT2D eigenvalue weighted by molar-refractivity contribution is 7.14. The van der Waals surface area contributed by atoms with Crippen molar-refractivity contribution in [1.29, 1.82) is 0 Å². The Hall–Kier alpha value is -2.21. The highest BCUT2D eigenvalue weighted by Crippen LogP contribution is 2.26. The molecule has 25 heavy (non-hydrogen) atoms. The van der Waals surface area contributed by atoms with Gasteiger partial charge in [0.2, 0.25) is 5.91 Å². The lowest BCUT2D eigenvalue weighted by Crippen LogP contribution is -2.41. The van der Waals surface area contributed by atoms with Gasteiger partial charge in [0.25, 0.3) is 5.91 Å². The maximum Gasteiger partial charge on any atom is 0.263 e. The number of aryl methyl sites for hydroxylation is 2. The summed E-state index contributed by atoms with van der Waals surface area (Å²) in [7, 11) is 0. The molecular formula is C19H23N3O2S. The van der Waals surface area contributed by atoms with Crippen molar-refractivity contribution in [3.63, 3.8) is 0 Å². The fourth-order valence-corrected chi connectivity index (χ4v) is 4.24. The van der Waals surface area contributed by atoms with E-state index >= 15 is 0 Å². The van der Waals surface area contributed by atoms with Crippen molar-refractivity contribution in [1.82, 2.24) is 9.88 Å². The van der Waals surface area contributed by atoms with Gasteiger partial charge in [0.15, 0.2) is 0 Å². The van der Waals surface area contributed by atoms with Gasteiger partial charge < -0.3 is 10.2 Å². The lowest BCUT2D eigenvalue weighted by molar-refractivity contribution is -0.121. The van der Waals surface area contributed by atoms with Crippen LogP contribution in [0.5, 0.6) is 0 Å². The van der Waals surface area contributed by atoms with E-state index in [1.165, 1.54) is 10.4 Å². The first-order valence-corrected chi connectivity index (χ1v) is 9.49. The van der Waals surface area contributed by atoms with Gasteiger partial charge in [-0.3, -0.25) is 14.6 Å². The molecule has 0 saturated carbocycles. The van der Waals surface area contributed by atoms with Crippen LogP contribution in [0.4, 0.5) is 5.69 Å². The molecule has 0 aromatic carbocycles. The molecule has 0 radical (unpaired) electrons. The van der Waals surface area contributed by atoms with E-state index in [0.717, 1.165) is 17.0 Å². The van der Waals surface area contributed by atoms with Crippen molar-refractivity contribution in [2.24, 2.45) is 5.92 Å². The number of carbonyl (C=O) groups is 2. The molecule has 1 saturated heterocycles. The molecule has 132 valence electrons. The van der Waals surface area contributed by atoms with Gasteiger partial charge in [-0.05, 0) is 49.9 Å². The van der Waals surface area contributed by atoms with Gasteiger partial charge in [-0.1, -0.05) is 6.92 Å². The molecule has 3 rings (SSSR count). The second-order valence-corrected chi connectivity index (χ2v) is 7.59. The second kappa shape index (κ2) is 7.78. The molecule has 0 aliphatic carbocycles. The monoisotopic (exact) mass is 357 g/mol. The zero-order valence-corrected chi connectivity index (χ0v) is 15.4. The summed E-state index contributed by atoms with van der Waals surface area (Å²) in [6.07, 6.45) is 5.67. The Morgan fingerprint density at radius 1 is 1.28 bits per heavy atom. The van der Waals surface area contributed by atoms with Crippen LogP contribution in [0, 0.1) is 12.8 Å². The van der Waals surface area contributed by atoms with Crippen LogP contribution in [0.15, 0.2) is 30.6 Å². The number of amides is 2. The van der Waals surface area contributed by atoms with Crippen LogP contribution in [0.2, 0.25) is 0 Å². The van der Waals surface area contributed by atoms with E-state index in [1.54, 1.807) is 35.9 Å². The number of pyridine rings is 1. The second-order valence-electron chi connectivity index (χ2n) is 6.34. The maximum absolute atomic E-state index is 12.7. The summed E-state index contributed by atoms with van der Waals surface area (Å²) in [5, 5.41) is 2.93. The molecule has 1 aliphatic heterocycles. The number of thiophene rings is 1. The van der Waals surface area contributed by atoms with Crippen molar-refractivity contribution in [3.05, 3.63) is 45.9 Å². The minimum Gasteiger partial charge on any atom is -0.338 e. The van der Waals surface area contributed by atoms with Gasteiger partial charge in [-0.15, -0.1) is 11.3 Å². The van der Waals surface area contributed by atoms with E-state index in [1.807, 2.05) is 11.0 Å². The zero-order chi connectivity index (χ0) is 17.8. The zero-order valence-electron chi connectivity index (χ0n) is 14.6. The van der Waals surface area contributed by atoms with Crippen LogP contribution in [0.3, 0.4) is 0 Å². The molecule has 0 spiro atoms. The summed E-state index contributed by atoms with van der Waals surface area (Å²) in [4.78, 5) is 32.9. The predicted octanol–water partition coefficient (Wildman–Crippen LogP) is 3.50. The van der Waals surface area contributed by atoms with Crippen LogP contribution < -0.4 is 5.32 Å². The van der Waals surface area contributed by atoms with Gasteiger partial charge in [-0.25, -0.2) is 0 Å². The molecule has 2 aromatic rings. The average molecular weight is 357 g/mol. The van der Waals surface area contributed by atoms with Crippen molar-refractivity contribution >= 4 is 28.8 Å². The first kappa shape index (κ1) is 17.6. The van der Waals surface area contributed by atoms with Crippen molar-refractivity contribution < 1.29 is 9.59 Å². The van der Waals surface area contributed by atoms with E-state index in [2.05, 4.69) is 24.1 Å². The molecular weight excluding hydrogens is 334 g/mol. The topological polar surface area (TPSA) is 62.3 Å². The standard InChI is InChI=1S/C19H23N3O2S/c1-3-14-12-17(25-13(14)2)19(24)22-10-6-15(7-11-22)18(23)21-16-4-8-20-9-5-16/h4-5,8-9,12,15H,3,6-7,10-11H2,1-2H3,(H,20,21,23). The summed E-state index contributed by atoms with van der Waals surface area (Å²) in [6, 6.07) is 5.58. The Morgan fingerprint density at radius 2 is 1.96 bits per heavy atom. The molecule has 2 amide bonds. The smallest absolute Gasteiger partial charge is 0.263 e. The molecule has 1 fully saturated rings. The minimum atomic E-state index is -0.0477. The number of likely N-dealkylation sites (tertiary alicyclic amines) is 1. The average Bonchev–Trinajstić information content (AvgIpc) is 3.03. The first-order valence-electron chi connectivity index (χ1n) is 8.68. The summed E-state index contributed by atoms with van der Waals surface area (Å²) in [6.45, 7) is 5.43. The van der Waals surface area contributed by atoms with E-state index in [9.17, 15) is 9.59 Å². The molecule has 1 aliphatic rings. The quantitative estimate of drug-likeness (QED) is 0.911. The lowest BCUT2D eigenvalue weighted by atomic mass is 9.95. The maximum atomic E-state index is 12.7. The highest BCUT2D eigenvalue weighted by atomic mass is 32.1. The van der Waals surface area contributed by atoms with Crippen LogP contribution in [0.25, 0.3) is 0 Å². The largest absolute Gasteiger partial charge is 0.338 e. The molecule has 2 aromatic heterocycles. The number of nitrogens with zero attached hydrogens (tertiary/aromatic N) is 2. The minimum absolute atomic E-state index is 0.0264. The normalized spacial score (nSPS) is 15.2. The van der Waals surface area contributed by atoms with Crippen molar-refractivity contribution in [3.8, 4) is 0 Å². The van der Waals surface area contributed by atoms with Crippen LogP contribution >= 0.6 is 11.3 Å². The Balaban J connectivity index is 1.56. The van der Waals surface area contributed by atoms with Crippen molar-refractivity contribution in [2.75, 3.05) is 18.4 Å². The Kier molecular flexibility index (Phi) is 5.48. The number of nitrogens with one attached hydrogen (secondary N) is 1. The summed E-state index contributed by atoms with van der Waals surface area (Å²) in [5.41, 5.74) is 2.01. The number of carbonyl (C=O) groups excluding carboxylic acids is 2. The fraction of sp³-hybridized carbons (Fsp3) is 0.421. The molecule has 0 bridgehead atoms. The molecule has 0 unspecified atom stereocenters. The molecule has 3 heterocycles. The number of aromatic nitrogens is 1.